The summed E-state index contributed by atoms with van der Waals surface area (Å²) in [5.74, 6) is 0.962. The van der Waals surface area contributed by atoms with Gasteiger partial charge in [0.2, 0.25) is 0 Å². The third-order valence-corrected chi connectivity index (χ3v) is 4.69. The van der Waals surface area contributed by atoms with E-state index < -0.39 is 0 Å². The van der Waals surface area contributed by atoms with Gasteiger partial charge < -0.3 is 5.73 Å². The molecule has 1 atom stereocenters. The summed E-state index contributed by atoms with van der Waals surface area (Å²) in [6, 6.07) is 7.20. The van der Waals surface area contributed by atoms with E-state index in [1.54, 1.807) is 12.1 Å². The van der Waals surface area contributed by atoms with E-state index in [0.29, 0.717) is 11.8 Å². The SMILES string of the molecule is CC(N)[C@H]1CC[C@@H](c2ccnc3ccc(F)cc32)CC1. The molecule has 0 radical (unpaired) electrons. The van der Waals surface area contributed by atoms with Gasteiger partial charge in [0, 0.05) is 17.6 Å². The number of nitrogens with zero attached hydrogens (tertiary/aromatic N) is 1. The second-order valence-electron chi connectivity index (χ2n) is 6.03. The van der Waals surface area contributed by atoms with E-state index in [9.17, 15) is 4.39 Å². The Morgan fingerprint density at radius 2 is 1.95 bits per heavy atom. The minimum Gasteiger partial charge on any atom is -0.328 e. The van der Waals surface area contributed by atoms with Crippen LogP contribution < -0.4 is 5.73 Å². The highest BCUT2D eigenvalue weighted by atomic mass is 19.1. The van der Waals surface area contributed by atoms with Crippen molar-refractivity contribution in [3.05, 3.63) is 41.8 Å². The third-order valence-electron chi connectivity index (χ3n) is 4.69. The van der Waals surface area contributed by atoms with E-state index in [1.807, 2.05) is 6.20 Å². The Morgan fingerprint density at radius 1 is 1.20 bits per heavy atom. The van der Waals surface area contributed by atoms with Gasteiger partial charge in [-0.05, 0) is 74.3 Å². The quantitative estimate of drug-likeness (QED) is 0.897. The van der Waals surface area contributed by atoms with Crippen molar-refractivity contribution in [3.8, 4) is 0 Å². The average Bonchev–Trinajstić information content (AvgIpc) is 2.46. The minimum absolute atomic E-state index is 0.184. The van der Waals surface area contributed by atoms with Crippen molar-refractivity contribution in [2.75, 3.05) is 0 Å². The largest absolute Gasteiger partial charge is 0.328 e. The van der Waals surface area contributed by atoms with E-state index in [1.165, 1.54) is 24.5 Å². The first kappa shape index (κ1) is 13.5. The number of nitrogens with two attached hydrogens (primary N) is 1. The van der Waals surface area contributed by atoms with Gasteiger partial charge in [0.25, 0.3) is 0 Å². The molecule has 3 rings (SSSR count). The number of hydrogen-bond donors (Lipinski definition) is 1. The third kappa shape index (κ3) is 2.55. The van der Waals surface area contributed by atoms with Gasteiger partial charge in [-0.2, -0.15) is 0 Å². The molecule has 2 aromatic rings. The topological polar surface area (TPSA) is 38.9 Å². The Morgan fingerprint density at radius 3 is 2.65 bits per heavy atom. The number of pyridine rings is 1. The van der Waals surface area contributed by atoms with Crippen LogP contribution in [0.5, 0.6) is 0 Å². The first-order chi connectivity index (χ1) is 9.65. The molecule has 1 heterocycles. The first-order valence-corrected chi connectivity index (χ1v) is 7.45. The molecule has 1 saturated carbocycles. The fraction of sp³-hybridized carbons (Fsp3) is 0.471. The second kappa shape index (κ2) is 5.49. The Kier molecular flexibility index (Phi) is 3.70. The van der Waals surface area contributed by atoms with Crippen LogP contribution in [-0.4, -0.2) is 11.0 Å². The van der Waals surface area contributed by atoms with Crippen LogP contribution in [0.4, 0.5) is 4.39 Å². The monoisotopic (exact) mass is 272 g/mol. The molecule has 0 spiro atoms. The van der Waals surface area contributed by atoms with Gasteiger partial charge in [0.1, 0.15) is 5.82 Å². The number of hydrogen-bond acceptors (Lipinski definition) is 2. The lowest BCUT2D eigenvalue weighted by atomic mass is 9.76. The molecule has 1 fully saturated rings. The van der Waals surface area contributed by atoms with Gasteiger partial charge >= 0.3 is 0 Å². The molecule has 3 heteroatoms. The molecule has 1 unspecified atom stereocenters. The van der Waals surface area contributed by atoms with Gasteiger partial charge in [-0.1, -0.05) is 0 Å². The van der Waals surface area contributed by atoms with Crippen molar-refractivity contribution in [1.29, 1.82) is 0 Å². The van der Waals surface area contributed by atoms with Gasteiger partial charge in [-0.3, -0.25) is 4.98 Å². The van der Waals surface area contributed by atoms with E-state index in [0.717, 1.165) is 23.7 Å². The zero-order chi connectivity index (χ0) is 14.1. The highest BCUT2D eigenvalue weighted by Crippen LogP contribution is 2.39. The highest BCUT2D eigenvalue weighted by molar-refractivity contribution is 5.82. The maximum Gasteiger partial charge on any atom is 0.123 e. The Balaban J connectivity index is 1.90. The maximum atomic E-state index is 13.5. The lowest BCUT2D eigenvalue weighted by Crippen LogP contribution is -2.29. The summed E-state index contributed by atoms with van der Waals surface area (Å²) in [5, 5.41) is 0.969. The van der Waals surface area contributed by atoms with Gasteiger partial charge in [-0.15, -0.1) is 0 Å². The van der Waals surface area contributed by atoms with Crippen LogP contribution in [0.3, 0.4) is 0 Å². The van der Waals surface area contributed by atoms with Crippen LogP contribution in [0, 0.1) is 11.7 Å². The molecule has 1 aromatic heterocycles. The molecule has 106 valence electrons. The minimum atomic E-state index is -0.184. The molecule has 0 amide bonds. The molecule has 20 heavy (non-hydrogen) atoms. The lowest BCUT2D eigenvalue weighted by molar-refractivity contribution is 0.292. The van der Waals surface area contributed by atoms with E-state index in [4.69, 9.17) is 5.73 Å². The molecule has 0 bridgehead atoms. The van der Waals surface area contributed by atoms with Crippen molar-refractivity contribution >= 4 is 10.9 Å². The van der Waals surface area contributed by atoms with Crippen molar-refractivity contribution in [1.82, 2.24) is 4.98 Å². The predicted molar refractivity (Wildman–Crippen MR) is 80.0 cm³/mol. The molecular formula is C17H21FN2. The Bertz CT molecular complexity index is 601. The highest BCUT2D eigenvalue weighted by Gasteiger charge is 2.25. The van der Waals surface area contributed by atoms with Crippen molar-refractivity contribution in [3.63, 3.8) is 0 Å². The maximum absolute atomic E-state index is 13.5. The summed E-state index contributed by atoms with van der Waals surface area (Å²) in [5.41, 5.74) is 8.14. The van der Waals surface area contributed by atoms with Crippen LogP contribution >= 0.6 is 0 Å². The molecular weight excluding hydrogens is 251 g/mol. The normalized spacial score (nSPS) is 24.8. The fourth-order valence-corrected chi connectivity index (χ4v) is 3.45. The van der Waals surface area contributed by atoms with Gasteiger partial charge in [-0.25, -0.2) is 4.39 Å². The van der Waals surface area contributed by atoms with Crippen LogP contribution in [0.1, 0.15) is 44.1 Å². The van der Waals surface area contributed by atoms with E-state index >= 15 is 0 Å². The molecule has 1 aromatic carbocycles. The van der Waals surface area contributed by atoms with Crippen LogP contribution in [0.2, 0.25) is 0 Å². The summed E-state index contributed by atoms with van der Waals surface area (Å²) in [4.78, 5) is 4.33. The zero-order valence-electron chi connectivity index (χ0n) is 11.8. The summed E-state index contributed by atoms with van der Waals surface area (Å²) in [6.07, 6.45) is 6.46. The number of benzene rings is 1. The van der Waals surface area contributed by atoms with E-state index in [2.05, 4.69) is 18.0 Å². The second-order valence-corrected chi connectivity index (χ2v) is 6.03. The summed E-state index contributed by atoms with van der Waals surface area (Å²) in [6.45, 7) is 2.10. The summed E-state index contributed by atoms with van der Waals surface area (Å²) in [7, 11) is 0. The van der Waals surface area contributed by atoms with Crippen molar-refractivity contribution in [2.45, 2.75) is 44.6 Å². The first-order valence-electron chi connectivity index (χ1n) is 7.45. The Labute approximate surface area is 119 Å². The predicted octanol–water partition coefficient (Wildman–Crippen LogP) is 3.99. The fourth-order valence-electron chi connectivity index (χ4n) is 3.45. The molecule has 2 nitrogen and oxygen atoms in total. The molecule has 0 saturated heterocycles. The van der Waals surface area contributed by atoms with Gasteiger partial charge in [0.15, 0.2) is 0 Å². The summed E-state index contributed by atoms with van der Waals surface area (Å²) < 4.78 is 13.5. The van der Waals surface area contributed by atoms with Crippen LogP contribution in [0.25, 0.3) is 10.9 Å². The molecule has 1 aliphatic rings. The number of halogens is 1. The number of aromatic nitrogens is 1. The molecule has 0 aliphatic heterocycles. The van der Waals surface area contributed by atoms with Crippen molar-refractivity contribution in [2.24, 2.45) is 11.7 Å². The zero-order valence-corrected chi connectivity index (χ0v) is 11.8. The molecule has 1 aliphatic carbocycles. The van der Waals surface area contributed by atoms with Gasteiger partial charge in [0.05, 0.1) is 5.52 Å². The van der Waals surface area contributed by atoms with Crippen LogP contribution in [-0.2, 0) is 0 Å². The smallest absolute Gasteiger partial charge is 0.123 e. The van der Waals surface area contributed by atoms with Crippen molar-refractivity contribution < 1.29 is 4.39 Å². The van der Waals surface area contributed by atoms with Crippen LogP contribution in [0.15, 0.2) is 30.5 Å². The molecule has 2 N–H and O–H groups in total. The summed E-state index contributed by atoms with van der Waals surface area (Å²) >= 11 is 0. The van der Waals surface area contributed by atoms with E-state index in [-0.39, 0.29) is 11.9 Å². The standard InChI is InChI=1S/C17H21FN2/c1-11(19)12-2-4-13(5-3-12)15-8-9-20-17-7-6-14(18)10-16(15)17/h6-13H,2-5,19H2,1H3/t11?,12-,13+. The Hall–Kier alpha value is -1.48. The average molecular weight is 272 g/mol. The number of rotatable bonds is 2. The lowest BCUT2D eigenvalue weighted by Gasteiger charge is -2.31. The number of fused-ring (bicyclic) bond motifs is 1.